The fourth-order valence-electron chi connectivity index (χ4n) is 2.70. The summed E-state index contributed by atoms with van der Waals surface area (Å²) >= 11 is 3.41. The molecule has 28 heavy (non-hydrogen) atoms. The Bertz CT molecular complexity index is 941. The number of carbonyl (C=O) groups is 1. The molecule has 150 valence electrons. The van der Waals surface area contributed by atoms with E-state index in [1.54, 1.807) is 12.1 Å². The molecule has 0 spiro atoms. The first-order chi connectivity index (χ1) is 13.4. The van der Waals surface area contributed by atoms with Crippen molar-refractivity contribution in [2.45, 2.75) is 11.8 Å². The van der Waals surface area contributed by atoms with Gasteiger partial charge in [0.05, 0.1) is 23.8 Å². The lowest BCUT2D eigenvalue weighted by Crippen LogP contribution is -2.40. The Kier molecular flexibility index (Phi) is 6.71. The van der Waals surface area contributed by atoms with E-state index in [9.17, 15) is 13.2 Å². The molecule has 7 nitrogen and oxygen atoms in total. The Labute approximate surface area is 172 Å². The summed E-state index contributed by atoms with van der Waals surface area (Å²) in [6.45, 7) is 3.25. The Hall–Kier alpha value is -1.94. The lowest BCUT2D eigenvalue weighted by atomic mass is 10.2. The molecule has 9 heteroatoms. The van der Waals surface area contributed by atoms with Gasteiger partial charge in [-0.15, -0.1) is 0 Å². The number of halogens is 1. The van der Waals surface area contributed by atoms with Gasteiger partial charge < -0.3 is 14.8 Å². The van der Waals surface area contributed by atoms with E-state index in [0.29, 0.717) is 37.7 Å². The van der Waals surface area contributed by atoms with E-state index in [1.165, 1.54) is 16.4 Å². The molecule has 0 radical (unpaired) electrons. The maximum absolute atomic E-state index is 12.6. The van der Waals surface area contributed by atoms with E-state index < -0.39 is 10.0 Å². The maximum atomic E-state index is 12.6. The van der Waals surface area contributed by atoms with Crippen LogP contribution in [-0.2, 0) is 19.6 Å². The van der Waals surface area contributed by atoms with Crippen molar-refractivity contribution in [2.75, 3.05) is 38.2 Å². The first kappa shape index (κ1) is 20.8. The van der Waals surface area contributed by atoms with Crippen molar-refractivity contribution in [1.29, 1.82) is 0 Å². The third kappa shape index (κ3) is 5.11. The number of hydrogen-bond acceptors (Lipinski definition) is 5. The predicted molar refractivity (Wildman–Crippen MR) is 109 cm³/mol. The molecule has 2 aromatic carbocycles. The maximum Gasteiger partial charge on any atom is 0.262 e. The van der Waals surface area contributed by atoms with Crippen LogP contribution in [0.2, 0.25) is 0 Å². The molecule has 1 fully saturated rings. The molecule has 0 unspecified atom stereocenters. The molecular formula is C19H21BrN2O5S. The van der Waals surface area contributed by atoms with Crippen LogP contribution in [0, 0.1) is 6.92 Å². The highest BCUT2D eigenvalue weighted by molar-refractivity contribution is 9.10. The smallest absolute Gasteiger partial charge is 0.262 e. The van der Waals surface area contributed by atoms with Gasteiger partial charge in [-0.2, -0.15) is 4.31 Å². The number of nitrogens with zero attached hydrogens (tertiary/aromatic N) is 1. The van der Waals surface area contributed by atoms with Crippen molar-refractivity contribution >= 4 is 37.5 Å². The normalized spacial score (nSPS) is 15.2. The summed E-state index contributed by atoms with van der Waals surface area (Å²) in [5, 5.41) is 2.76. The summed E-state index contributed by atoms with van der Waals surface area (Å²) in [5.41, 5.74) is 1.74. The second-order valence-electron chi connectivity index (χ2n) is 6.31. The Morgan fingerprint density at radius 3 is 2.50 bits per heavy atom. The van der Waals surface area contributed by atoms with Crippen molar-refractivity contribution in [2.24, 2.45) is 0 Å². The molecule has 1 aliphatic heterocycles. The van der Waals surface area contributed by atoms with Crippen LogP contribution in [0.15, 0.2) is 51.8 Å². The SMILES string of the molecule is Cc1ccc(NC(=O)COc2ccc(S(=O)(=O)N3CCOCC3)cc2)c(Br)c1. The zero-order chi connectivity index (χ0) is 20.1. The lowest BCUT2D eigenvalue weighted by molar-refractivity contribution is -0.118. The second-order valence-corrected chi connectivity index (χ2v) is 9.10. The first-order valence-electron chi connectivity index (χ1n) is 8.73. The van der Waals surface area contributed by atoms with Crippen LogP contribution in [0.25, 0.3) is 0 Å². The van der Waals surface area contributed by atoms with Gasteiger partial charge in [-0.25, -0.2) is 8.42 Å². The standard InChI is InChI=1S/C19H21BrN2O5S/c1-14-2-7-18(17(20)12-14)21-19(23)13-27-15-3-5-16(6-4-15)28(24,25)22-8-10-26-11-9-22/h2-7,12H,8-11,13H2,1H3,(H,21,23). The molecular weight excluding hydrogens is 448 g/mol. The molecule has 0 bridgehead atoms. The topological polar surface area (TPSA) is 84.9 Å². The molecule has 1 amide bonds. The number of benzene rings is 2. The summed E-state index contributed by atoms with van der Waals surface area (Å²) in [4.78, 5) is 12.3. The summed E-state index contributed by atoms with van der Waals surface area (Å²) in [6, 6.07) is 11.7. The Balaban J connectivity index is 1.57. The largest absolute Gasteiger partial charge is 0.484 e. The molecule has 0 aromatic heterocycles. The number of aryl methyl sites for hydroxylation is 1. The van der Waals surface area contributed by atoms with Gasteiger partial charge in [-0.05, 0) is 64.8 Å². The molecule has 0 saturated carbocycles. The molecule has 0 aliphatic carbocycles. The second kappa shape index (κ2) is 9.04. The van der Waals surface area contributed by atoms with E-state index in [4.69, 9.17) is 9.47 Å². The predicted octanol–water partition coefficient (Wildman–Crippen LogP) is 2.80. The van der Waals surface area contributed by atoms with Gasteiger partial charge in [0.2, 0.25) is 10.0 Å². The van der Waals surface area contributed by atoms with E-state index in [2.05, 4.69) is 21.2 Å². The van der Waals surface area contributed by atoms with Crippen molar-refractivity contribution in [1.82, 2.24) is 4.31 Å². The first-order valence-corrected chi connectivity index (χ1v) is 11.0. The van der Waals surface area contributed by atoms with Crippen LogP contribution in [0.5, 0.6) is 5.75 Å². The zero-order valence-corrected chi connectivity index (χ0v) is 17.8. The van der Waals surface area contributed by atoms with Gasteiger partial charge in [0, 0.05) is 17.6 Å². The van der Waals surface area contributed by atoms with Crippen LogP contribution in [-0.4, -0.2) is 51.5 Å². The van der Waals surface area contributed by atoms with Crippen LogP contribution in [0.3, 0.4) is 0 Å². The van der Waals surface area contributed by atoms with E-state index >= 15 is 0 Å². The van der Waals surface area contributed by atoms with Crippen LogP contribution < -0.4 is 10.1 Å². The minimum absolute atomic E-state index is 0.185. The van der Waals surface area contributed by atoms with Gasteiger partial charge >= 0.3 is 0 Å². The highest BCUT2D eigenvalue weighted by Gasteiger charge is 2.26. The van der Waals surface area contributed by atoms with Crippen molar-refractivity contribution in [3.63, 3.8) is 0 Å². The highest BCUT2D eigenvalue weighted by Crippen LogP contribution is 2.24. The van der Waals surface area contributed by atoms with Crippen molar-refractivity contribution < 1.29 is 22.7 Å². The summed E-state index contributed by atoms with van der Waals surface area (Å²) in [6.07, 6.45) is 0. The molecule has 1 heterocycles. The molecule has 2 aromatic rings. The van der Waals surface area contributed by atoms with Gasteiger partial charge in [-0.3, -0.25) is 4.79 Å². The van der Waals surface area contributed by atoms with Crippen LogP contribution in [0.4, 0.5) is 5.69 Å². The van der Waals surface area contributed by atoms with Gasteiger partial charge in [-0.1, -0.05) is 6.07 Å². The number of rotatable bonds is 6. The van der Waals surface area contributed by atoms with Crippen molar-refractivity contribution in [3.8, 4) is 5.75 Å². The summed E-state index contributed by atoms with van der Waals surface area (Å²) < 4.78 is 38.0. The Morgan fingerprint density at radius 1 is 1.18 bits per heavy atom. The third-order valence-electron chi connectivity index (χ3n) is 4.20. The molecule has 3 rings (SSSR count). The van der Waals surface area contributed by atoms with E-state index in [1.807, 2.05) is 25.1 Å². The monoisotopic (exact) mass is 468 g/mol. The number of carbonyl (C=O) groups excluding carboxylic acids is 1. The average Bonchev–Trinajstić information content (AvgIpc) is 2.69. The number of anilines is 1. The molecule has 0 atom stereocenters. The minimum atomic E-state index is -3.55. The number of hydrogen-bond donors (Lipinski definition) is 1. The minimum Gasteiger partial charge on any atom is -0.484 e. The van der Waals surface area contributed by atoms with Gasteiger partial charge in [0.15, 0.2) is 6.61 Å². The number of ether oxygens (including phenoxy) is 2. The quantitative estimate of drug-likeness (QED) is 0.704. The highest BCUT2D eigenvalue weighted by atomic mass is 79.9. The van der Waals surface area contributed by atoms with E-state index in [0.717, 1.165) is 10.0 Å². The molecule has 1 aliphatic rings. The number of sulfonamides is 1. The van der Waals surface area contributed by atoms with Crippen molar-refractivity contribution in [3.05, 3.63) is 52.5 Å². The average molecular weight is 469 g/mol. The van der Waals surface area contributed by atoms with Crippen LogP contribution >= 0.6 is 15.9 Å². The van der Waals surface area contributed by atoms with E-state index in [-0.39, 0.29) is 17.4 Å². The summed E-state index contributed by atoms with van der Waals surface area (Å²) in [7, 11) is -3.55. The van der Waals surface area contributed by atoms with Gasteiger partial charge in [0.25, 0.3) is 5.91 Å². The Morgan fingerprint density at radius 2 is 1.86 bits per heavy atom. The molecule has 1 saturated heterocycles. The fraction of sp³-hybridized carbons (Fsp3) is 0.316. The third-order valence-corrected chi connectivity index (χ3v) is 6.77. The number of morpholine rings is 1. The number of nitrogens with one attached hydrogen (secondary N) is 1. The summed E-state index contributed by atoms with van der Waals surface area (Å²) in [5.74, 6) is 0.105. The molecule has 1 N–H and O–H groups in total. The number of amides is 1. The lowest BCUT2D eigenvalue weighted by Gasteiger charge is -2.26. The van der Waals surface area contributed by atoms with Gasteiger partial charge in [0.1, 0.15) is 5.75 Å². The fourth-order valence-corrected chi connectivity index (χ4v) is 4.70. The van der Waals surface area contributed by atoms with Crippen LogP contribution in [0.1, 0.15) is 5.56 Å². The zero-order valence-electron chi connectivity index (χ0n) is 15.4.